The highest BCUT2D eigenvalue weighted by Crippen LogP contribution is 2.49. The third kappa shape index (κ3) is 3.17. The molecule has 1 saturated heterocycles. The first kappa shape index (κ1) is 17.0. The van der Waals surface area contributed by atoms with E-state index in [0.717, 1.165) is 5.56 Å². The van der Waals surface area contributed by atoms with Crippen LogP contribution in [-0.2, 0) is 16.9 Å². The zero-order valence-corrected chi connectivity index (χ0v) is 14.3. The summed E-state index contributed by atoms with van der Waals surface area (Å²) in [6.07, 6.45) is 1.91. The molecule has 6 heteroatoms. The molecule has 0 bridgehead atoms. The van der Waals surface area contributed by atoms with Crippen LogP contribution >= 0.6 is 0 Å². The van der Waals surface area contributed by atoms with Crippen LogP contribution in [0.2, 0.25) is 0 Å². The van der Waals surface area contributed by atoms with Gasteiger partial charge in [-0.25, -0.2) is 9.78 Å². The van der Waals surface area contributed by atoms with Gasteiger partial charge in [0.1, 0.15) is 6.61 Å². The Morgan fingerprint density at radius 3 is 2.54 bits per heavy atom. The van der Waals surface area contributed by atoms with Crippen LogP contribution in [-0.4, -0.2) is 34.2 Å². The van der Waals surface area contributed by atoms with E-state index >= 15 is 0 Å². The molecule has 1 N–H and O–H groups in total. The third-order valence-corrected chi connectivity index (χ3v) is 5.50. The number of rotatable bonds is 3. The van der Waals surface area contributed by atoms with Crippen molar-refractivity contribution >= 4 is 6.09 Å². The van der Waals surface area contributed by atoms with Gasteiger partial charge < -0.3 is 14.7 Å². The molecule has 136 valence electrons. The van der Waals surface area contributed by atoms with Crippen molar-refractivity contribution in [2.45, 2.75) is 25.0 Å². The van der Waals surface area contributed by atoms with Crippen molar-refractivity contribution in [2.24, 2.45) is 11.8 Å². The van der Waals surface area contributed by atoms with Gasteiger partial charge in [0.25, 0.3) is 0 Å². The molecular formula is C20H21FN2O3. The molecule has 2 fully saturated rings. The summed E-state index contributed by atoms with van der Waals surface area (Å²) in [5, 5.41) is 10.9. The quantitative estimate of drug-likeness (QED) is 0.859. The SMILES string of the molecule is O=C(OCc1ccccc1)N1CC2CC(O)(c3cccnc3F)CC2C1. The molecule has 1 aliphatic heterocycles. The van der Waals surface area contributed by atoms with Crippen molar-refractivity contribution in [3.63, 3.8) is 0 Å². The highest BCUT2D eigenvalue weighted by molar-refractivity contribution is 5.68. The summed E-state index contributed by atoms with van der Waals surface area (Å²) in [7, 11) is 0. The van der Waals surface area contributed by atoms with Gasteiger partial charge in [0.15, 0.2) is 0 Å². The fraction of sp³-hybridized carbons (Fsp3) is 0.400. The van der Waals surface area contributed by atoms with E-state index in [0.29, 0.717) is 25.9 Å². The number of halogens is 1. The number of carbonyl (C=O) groups is 1. The molecule has 26 heavy (non-hydrogen) atoms. The number of hydrogen-bond acceptors (Lipinski definition) is 4. The summed E-state index contributed by atoms with van der Waals surface area (Å²) in [5.74, 6) is -0.332. The van der Waals surface area contributed by atoms with E-state index < -0.39 is 11.5 Å². The minimum atomic E-state index is -1.20. The van der Waals surface area contributed by atoms with Gasteiger partial charge in [-0.1, -0.05) is 36.4 Å². The maximum absolute atomic E-state index is 14.0. The molecule has 4 rings (SSSR count). The highest BCUT2D eigenvalue weighted by atomic mass is 19.1. The van der Waals surface area contributed by atoms with Crippen LogP contribution in [0.1, 0.15) is 24.0 Å². The van der Waals surface area contributed by atoms with Gasteiger partial charge in [0.05, 0.1) is 5.60 Å². The van der Waals surface area contributed by atoms with E-state index in [4.69, 9.17) is 4.74 Å². The number of aliphatic hydroxyl groups is 1. The van der Waals surface area contributed by atoms with Crippen LogP contribution in [0.3, 0.4) is 0 Å². The molecule has 0 spiro atoms. The van der Waals surface area contributed by atoms with Gasteiger partial charge in [0.2, 0.25) is 5.95 Å². The van der Waals surface area contributed by atoms with Crippen LogP contribution in [0.5, 0.6) is 0 Å². The molecule has 2 aromatic rings. The maximum Gasteiger partial charge on any atom is 0.410 e. The number of pyridine rings is 1. The Bertz CT molecular complexity index is 785. The number of aromatic nitrogens is 1. The van der Waals surface area contributed by atoms with Gasteiger partial charge in [-0.3, -0.25) is 0 Å². The first-order chi connectivity index (χ1) is 12.5. The number of fused-ring (bicyclic) bond motifs is 1. The fourth-order valence-corrected chi connectivity index (χ4v) is 4.26. The van der Waals surface area contributed by atoms with Gasteiger partial charge in [0, 0.05) is 24.8 Å². The Morgan fingerprint density at radius 1 is 1.19 bits per heavy atom. The van der Waals surface area contributed by atoms with Gasteiger partial charge in [-0.05, 0) is 36.3 Å². The molecule has 1 aromatic heterocycles. The number of hydrogen-bond donors (Lipinski definition) is 1. The van der Waals surface area contributed by atoms with Crippen molar-refractivity contribution in [3.05, 3.63) is 65.7 Å². The monoisotopic (exact) mass is 356 g/mol. The average Bonchev–Trinajstić information content (AvgIpc) is 3.16. The van der Waals surface area contributed by atoms with Crippen LogP contribution < -0.4 is 0 Å². The zero-order chi connectivity index (χ0) is 18.1. The van der Waals surface area contributed by atoms with Crippen LogP contribution in [0.25, 0.3) is 0 Å². The van der Waals surface area contributed by atoms with E-state index in [1.54, 1.807) is 17.0 Å². The van der Waals surface area contributed by atoms with Gasteiger partial charge in [-0.15, -0.1) is 0 Å². The lowest BCUT2D eigenvalue weighted by atomic mass is 9.91. The van der Waals surface area contributed by atoms with Crippen molar-refractivity contribution in [1.29, 1.82) is 0 Å². The molecule has 1 aromatic carbocycles. The van der Waals surface area contributed by atoms with E-state index in [2.05, 4.69) is 4.98 Å². The molecule has 1 amide bonds. The minimum absolute atomic E-state index is 0.142. The predicted molar refractivity (Wildman–Crippen MR) is 92.5 cm³/mol. The summed E-state index contributed by atoms with van der Waals surface area (Å²) in [6, 6.07) is 12.8. The van der Waals surface area contributed by atoms with Crippen molar-refractivity contribution < 1.29 is 19.0 Å². The normalized spacial score (nSPS) is 27.4. The second kappa shape index (κ2) is 6.68. The molecule has 1 aliphatic carbocycles. The molecule has 2 heterocycles. The number of nitrogens with zero attached hydrogens (tertiary/aromatic N) is 2. The Kier molecular flexibility index (Phi) is 4.36. The largest absolute Gasteiger partial charge is 0.445 e. The van der Waals surface area contributed by atoms with E-state index in [9.17, 15) is 14.3 Å². The lowest BCUT2D eigenvalue weighted by Crippen LogP contribution is -2.33. The first-order valence-corrected chi connectivity index (χ1v) is 8.84. The molecule has 2 atom stereocenters. The smallest absolute Gasteiger partial charge is 0.410 e. The highest BCUT2D eigenvalue weighted by Gasteiger charge is 2.51. The molecule has 2 unspecified atom stereocenters. The third-order valence-electron chi connectivity index (χ3n) is 5.50. The molecule has 0 radical (unpaired) electrons. The number of amides is 1. The van der Waals surface area contributed by atoms with Crippen LogP contribution in [0, 0.1) is 17.8 Å². The van der Waals surface area contributed by atoms with Crippen molar-refractivity contribution in [2.75, 3.05) is 13.1 Å². The van der Waals surface area contributed by atoms with Crippen LogP contribution in [0.4, 0.5) is 9.18 Å². The summed E-state index contributed by atoms with van der Waals surface area (Å²) < 4.78 is 19.4. The second-order valence-corrected chi connectivity index (χ2v) is 7.25. The lowest BCUT2D eigenvalue weighted by molar-refractivity contribution is 0.0258. The van der Waals surface area contributed by atoms with Crippen LogP contribution in [0.15, 0.2) is 48.7 Å². The van der Waals surface area contributed by atoms with Gasteiger partial charge >= 0.3 is 6.09 Å². The summed E-state index contributed by atoms with van der Waals surface area (Å²) in [5.41, 5.74) is 0.00235. The Labute approximate surface area is 151 Å². The Morgan fingerprint density at radius 2 is 1.88 bits per heavy atom. The fourth-order valence-electron chi connectivity index (χ4n) is 4.26. The van der Waals surface area contributed by atoms with Crippen molar-refractivity contribution in [3.8, 4) is 0 Å². The summed E-state index contributed by atoms with van der Waals surface area (Å²) >= 11 is 0. The standard InChI is InChI=1S/C20H21FN2O3/c21-18-17(7-4-8-22-18)20(25)9-15-11-23(12-16(15)10-20)19(24)26-13-14-5-2-1-3-6-14/h1-8,15-16,25H,9-13H2. The molecule has 5 nitrogen and oxygen atoms in total. The lowest BCUT2D eigenvalue weighted by Gasteiger charge is -2.26. The number of ether oxygens (including phenoxy) is 1. The van der Waals surface area contributed by atoms with Crippen molar-refractivity contribution in [1.82, 2.24) is 9.88 Å². The predicted octanol–water partition coefficient (Wildman–Crippen LogP) is 3.09. The maximum atomic E-state index is 14.0. The number of likely N-dealkylation sites (tertiary alicyclic amines) is 1. The number of carbonyl (C=O) groups excluding carboxylic acids is 1. The summed E-state index contributed by atoms with van der Waals surface area (Å²) in [6.45, 7) is 1.31. The van der Waals surface area contributed by atoms with E-state index in [-0.39, 0.29) is 30.1 Å². The molecular weight excluding hydrogens is 335 g/mol. The van der Waals surface area contributed by atoms with E-state index in [1.807, 2.05) is 30.3 Å². The zero-order valence-electron chi connectivity index (χ0n) is 14.3. The summed E-state index contributed by atoms with van der Waals surface area (Å²) in [4.78, 5) is 17.6. The second-order valence-electron chi connectivity index (χ2n) is 7.25. The topological polar surface area (TPSA) is 62.7 Å². The first-order valence-electron chi connectivity index (χ1n) is 8.84. The Balaban J connectivity index is 1.36. The molecule has 2 aliphatic rings. The minimum Gasteiger partial charge on any atom is -0.445 e. The van der Waals surface area contributed by atoms with E-state index in [1.165, 1.54) is 6.20 Å². The average molecular weight is 356 g/mol. The number of benzene rings is 1. The molecule has 1 saturated carbocycles. The Hall–Kier alpha value is -2.47. The van der Waals surface area contributed by atoms with Gasteiger partial charge in [-0.2, -0.15) is 4.39 Å².